The molecule has 2 nitrogen and oxygen atoms in total. The van der Waals surface area contributed by atoms with Crippen LogP contribution < -0.4 is 11.1 Å². The fourth-order valence-corrected chi connectivity index (χ4v) is 2.17. The van der Waals surface area contributed by atoms with Crippen LogP contribution in [0.15, 0.2) is 22.7 Å². The van der Waals surface area contributed by atoms with E-state index in [0.717, 1.165) is 4.47 Å². The van der Waals surface area contributed by atoms with Crippen molar-refractivity contribution in [3.8, 4) is 0 Å². The smallest absolute Gasteiger partial charge is 0.127 e. The van der Waals surface area contributed by atoms with E-state index in [1.165, 1.54) is 6.07 Å². The Hall–Kier alpha value is -0.450. The molecule has 0 spiro atoms. The molecule has 18 heavy (non-hydrogen) atoms. The van der Waals surface area contributed by atoms with Crippen LogP contribution in [0.1, 0.15) is 33.3 Å². The van der Waals surface area contributed by atoms with Crippen molar-refractivity contribution in [1.29, 1.82) is 0 Å². The Balaban J connectivity index is 2.76. The highest BCUT2D eigenvalue weighted by Gasteiger charge is 2.24. The molecule has 1 aromatic carbocycles. The number of hydrogen-bond acceptors (Lipinski definition) is 2. The van der Waals surface area contributed by atoms with Gasteiger partial charge < -0.3 is 11.1 Å². The Kier molecular flexibility index (Phi) is 4.92. The molecule has 0 saturated heterocycles. The lowest BCUT2D eigenvalue weighted by molar-refractivity contribution is 0.401. The fourth-order valence-electron chi connectivity index (χ4n) is 1.81. The first-order valence-corrected chi connectivity index (χ1v) is 6.86. The molecule has 4 heteroatoms. The highest BCUT2D eigenvalue weighted by molar-refractivity contribution is 9.10. The van der Waals surface area contributed by atoms with Crippen LogP contribution in [-0.2, 0) is 5.41 Å². The van der Waals surface area contributed by atoms with E-state index in [0.29, 0.717) is 18.7 Å². The van der Waals surface area contributed by atoms with E-state index in [4.69, 9.17) is 5.73 Å². The van der Waals surface area contributed by atoms with Gasteiger partial charge in [0.15, 0.2) is 0 Å². The van der Waals surface area contributed by atoms with Crippen molar-refractivity contribution in [3.63, 3.8) is 0 Å². The zero-order valence-electron chi connectivity index (χ0n) is 11.5. The Morgan fingerprint density at radius 1 is 1.22 bits per heavy atom. The summed E-state index contributed by atoms with van der Waals surface area (Å²) >= 11 is 3.38. The van der Waals surface area contributed by atoms with Crippen molar-refractivity contribution >= 4 is 15.9 Å². The Labute approximate surface area is 117 Å². The van der Waals surface area contributed by atoms with Gasteiger partial charge in [-0.2, -0.15) is 0 Å². The zero-order valence-corrected chi connectivity index (χ0v) is 13.1. The molecule has 0 radical (unpaired) electrons. The second-order valence-electron chi connectivity index (χ2n) is 6.10. The summed E-state index contributed by atoms with van der Waals surface area (Å²) < 4.78 is 14.7. The molecule has 102 valence electrons. The molecule has 0 aliphatic rings. The molecular formula is C14H22BrFN2. The van der Waals surface area contributed by atoms with Crippen LogP contribution in [0.2, 0.25) is 0 Å². The Bertz CT molecular complexity index is 411. The first-order chi connectivity index (χ1) is 8.12. The van der Waals surface area contributed by atoms with E-state index >= 15 is 0 Å². The first kappa shape index (κ1) is 15.6. The maximum atomic E-state index is 13.9. The van der Waals surface area contributed by atoms with Crippen LogP contribution in [0, 0.1) is 5.82 Å². The lowest BCUT2D eigenvalue weighted by Gasteiger charge is -2.28. The summed E-state index contributed by atoms with van der Waals surface area (Å²) in [7, 11) is 0. The van der Waals surface area contributed by atoms with Crippen LogP contribution in [-0.4, -0.2) is 18.6 Å². The normalized spacial score (nSPS) is 12.8. The summed E-state index contributed by atoms with van der Waals surface area (Å²) in [5.74, 6) is -0.169. The number of halogens is 2. The summed E-state index contributed by atoms with van der Waals surface area (Å²) in [6.07, 6.45) is 0. The summed E-state index contributed by atoms with van der Waals surface area (Å²) in [5.41, 5.74) is 6.08. The molecule has 0 saturated carbocycles. The maximum absolute atomic E-state index is 13.9. The summed E-state index contributed by atoms with van der Waals surface area (Å²) in [6, 6.07) is 5.05. The van der Waals surface area contributed by atoms with Gasteiger partial charge in [-0.1, -0.05) is 29.8 Å². The van der Waals surface area contributed by atoms with Gasteiger partial charge in [0, 0.05) is 28.5 Å². The molecule has 0 atom stereocenters. The molecule has 0 aromatic heterocycles. The van der Waals surface area contributed by atoms with E-state index in [2.05, 4.69) is 21.2 Å². The minimum Gasteiger partial charge on any atom is -0.324 e. The van der Waals surface area contributed by atoms with Gasteiger partial charge in [-0.25, -0.2) is 4.39 Å². The second-order valence-corrected chi connectivity index (χ2v) is 7.02. The number of nitrogens with one attached hydrogen (secondary N) is 1. The molecule has 1 rings (SSSR count). The standard InChI is InChI=1S/C14H22BrFN2/c1-13(2,8-18-9-14(3,4)17)11-7-10(15)5-6-12(11)16/h5-7,18H,8-9,17H2,1-4H3. The summed E-state index contributed by atoms with van der Waals surface area (Å²) in [5, 5.41) is 3.30. The van der Waals surface area contributed by atoms with Gasteiger partial charge in [0.1, 0.15) is 5.82 Å². The SMILES string of the molecule is CC(C)(N)CNCC(C)(C)c1cc(Br)ccc1F. The average Bonchev–Trinajstić information content (AvgIpc) is 2.19. The molecule has 0 unspecified atom stereocenters. The Morgan fingerprint density at radius 2 is 1.83 bits per heavy atom. The molecule has 0 heterocycles. The maximum Gasteiger partial charge on any atom is 0.127 e. The molecule has 0 aliphatic heterocycles. The minimum atomic E-state index is -0.279. The van der Waals surface area contributed by atoms with Crippen molar-refractivity contribution in [1.82, 2.24) is 5.32 Å². The highest BCUT2D eigenvalue weighted by atomic mass is 79.9. The van der Waals surface area contributed by atoms with Crippen molar-refractivity contribution in [2.24, 2.45) is 5.73 Å². The molecule has 3 N–H and O–H groups in total. The van der Waals surface area contributed by atoms with E-state index in [-0.39, 0.29) is 16.8 Å². The number of rotatable bonds is 5. The topological polar surface area (TPSA) is 38.0 Å². The summed E-state index contributed by atoms with van der Waals surface area (Å²) in [6.45, 7) is 9.36. The molecular weight excluding hydrogens is 295 g/mol. The minimum absolute atomic E-state index is 0.169. The second kappa shape index (κ2) is 5.68. The van der Waals surface area contributed by atoms with Crippen molar-refractivity contribution in [2.75, 3.05) is 13.1 Å². The van der Waals surface area contributed by atoms with E-state index in [9.17, 15) is 4.39 Å². The van der Waals surface area contributed by atoms with E-state index in [1.807, 2.05) is 33.8 Å². The lowest BCUT2D eigenvalue weighted by Crippen LogP contribution is -2.46. The first-order valence-electron chi connectivity index (χ1n) is 6.07. The van der Waals surface area contributed by atoms with Crippen molar-refractivity contribution < 1.29 is 4.39 Å². The van der Waals surface area contributed by atoms with Gasteiger partial charge in [-0.3, -0.25) is 0 Å². The van der Waals surface area contributed by atoms with Crippen molar-refractivity contribution in [3.05, 3.63) is 34.1 Å². The Morgan fingerprint density at radius 3 is 2.39 bits per heavy atom. The van der Waals surface area contributed by atoms with Crippen LogP contribution in [0.3, 0.4) is 0 Å². The van der Waals surface area contributed by atoms with Gasteiger partial charge in [-0.15, -0.1) is 0 Å². The van der Waals surface area contributed by atoms with Gasteiger partial charge in [0.25, 0.3) is 0 Å². The zero-order chi connectivity index (χ0) is 14.0. The third kappa shape index (κ3) is 4.67. The highest BCUT2D eigenvalue weighted by Crippen LogP contribution is 2.27. The molecule has 0 fully saturated rings. The molecule has 0 aliphatic carbocycles. The van der Waals surface area contributed by atoms with E-state index < -0.39 is 0 Å². The molecule has 0 bridgehead atoms. The average molecular weight is 317 g/mol. The van der Waals surface area contributed by atoms with Gasteiger partial charge in [0.05, 0.1) is 0 Å². The predicted octanol–water partition coefficient (Wildman–Crippen LogP) is 3.19. The van der Waals surface area contributed by atoms with Crippen molar-refractivity contribution in [2.45, 2.75) is 38.6 Å². The van der Waals surface area contributed by atoms with Crippen LogP contribution in [0.25, 0.3) is 0 Å². The predicted molar refractivity (Wildman–Crippen MR) is 78.3 cm³/mol. The third-order valence-corrected chi connectivity index (χ3v) is 3.30. The number of nitrogens with two attached hydrogens (primary N) is 1. The fraction of sp³-hybridized carbons (Fsp3) is 0.571. The molecule has 1 aromatic rings. The lowest BCUT2D eigenvalue weighted by atomic mass is 9.84. The number of benzene rings is 1. The van der Waals surface area contributed by atoms with Gasteiger partial charge >= 0.3 is 0 Å². The van der Waals surface area contributed by atoms with Gasteiger partial charge in [-0.05, 0) is 37.6 Å². The van der Waals surface area contributed by atoms with Crippen LogP contribution in [0.5, 0.6) is 0 Å². The number of hydrogen-bond donors (Lipinski definition) is 2. The molecule has 0 amide bonds. The summed E-state index contributed by atoms with van der Waals surface area (Å²) in [4.78, 5) is 0. The quantitative estimate of drug-likeness (QED) is 0.875. The van der Waals surface area contributed by atoms with Gasteiger partial charge in [0.2, 0.25) is 0 Å². The van der Waals surface area contributed by atoms with Crippen LogP contribution >= 0.6 is 15.9 Å². The largest absolute Gasteiger partial charge is 0.324 e. The van der Waals surface area contributed by atoms with Crippen LogP contribution in [0.4, 0.5) is 4.39 Å². The third-order valence-electron chi connectivity index (χ3n) is 2.81. The van der Waals surface area contributed by atoms with E-state index in [1.54, 1.807) is 6.07 Å². The monoisotopic (exact) mass is 316 g/mol.